The first kappa shape index (κ1) is 10.5. The maximum Gasteiger partial charge on any atom is 0.158 e. The Balaban J connectivity index is 2.11. The van der Waals surface area contributed by atoms with Gasteiger partial charge in [-0.05, 0) is 5.56 Å². The van der Waals surface area contributed by atoms with Crippen LogP contribution in [0.4, 0.5) is 0 Å². The molecule has 0 N–H and O–H groups in total. The smallest absolute Gasteiger partial charge is 0.158 e. The van der Waals surface area contributed by atoms with E-state index in [0.29, 0.717) is 12.1 Å². The third-order valence-electron chi connectivity index (χ3n) is 2.77. The molecule has 0 atom stereocenters. The van der Waals surface area contributed by atoms with E-state index in [9.17, 15) is 0 Å². The lowest BCUT2D eigenvalue weighted by Crippen LogP contribution is -2.00. The van der Waals surface area contributed by atoms with Crippen molar-refractivity contribution in [3.8, 4) is 6.07 Å². The van der Waals surface area contributed by atoms with E-state index in [2.05, 4.69) is 16.0 Å². The van der Waals surface area contributed by atoms with Crippen molar-refractivity contribution >= 4 is 5.65 Å². The Hall–Kier alpha value is -2.67. The van der Waals surface area contributed by atoms with Crippen molar-refractivity contribution in [2.75, 3.05) is 0 Å². The maximum absolute atomic E-state index is 8.98. The predicted octanol–water partition coefficient (Wildman–Crippen LogP) is 2.19. The molecule has 0 aliphatic heterocycles. The highest BCUT2D eigenvalue weighted by Crippen LogP contribution is 2.13. The minimum atomic E-state index is 0.409. The summed E-state index contributed by atoms with van der Waals surface area (Å²) in [6.45, 7) is 0. The average molecular weight is 234 g/mol. The number of nitrogens with zero attached hydrogens (tertiary/aromatic N) is 4. The summed E-state index contributed by atoms with van der Waals surface area (Å²) in [7, 11) is 0. The number of rotatable bonds is 2. The van der Waals surface area contributed by atoms with Crippen molar-refractivity contribution in [1.29, 1.82) is 5.26 Å². The zero-order valence-electron chi connectivity index (χ0n) is 9.61. The van der Waals surface area contributed by atoms with E-state index in [1.54, 1.807) is 12.4 Å². The Morgan fingerprint density at radius 2 is 2.06 bits per heavy atom. The van der Waals surface area contributed by atoms with Gasteiger partial charge in [0.1, 0.15) is 6.07 Å². The van der Waals surface area contributed by atoms with E-state index in [1.165, 1.54) is 0 Å². The number of hydrogen-bond donors (Lipinski definition) is 0. The van der Waals surface area contributed by atoms with Crippen LogP contribution in [-0.2, 0) is 6.42 Å². The molecule has 0 aliphatic carbocycles. The molecular weight excluding hydrogens is 224 g/mol. The molecule has 0 saturated carbocycles. The van der Waals surface area contributed by atoms with E-state index in [4.69, 9.17) is 5.26 Å². The summed E-state index contributed by atoms with van der Waals surface area (Å²) < 4.78 is 1.84. The van der Waals surface area contributed by atoms with Gasteiger partial charge in [0.25, 0.3) is 0 Å². The molecule has 0 aliphatic rings. The minimum absolute atomic E-state index is 0.409. The van der Waals surface area contributed by atoms with Gasteiger partial charge in [-0.25, -0.2) is 9.97 Å². The molecule has 4 heteroatoms. The summed E-state index contributed by atoms with van der Waals surface area (Å²) in [5.74, 6) is 0. The van der Waals surface area contributed by atoms with Gasteiger partial charge in [0.2, 0.25) is 0 Å². The van der Waals surface area contributed by atoms with Gasteiger partial charge in [0.15, 0.2) is 11.3 Å². The molecule has 4 nitrogen and oxygen atoms in total. The summed E-state index contributed by atoms with van der Waals surface area (Å²) in [6, 6.07) is 12.1. The lowest BCUT2D eigenvalue weighted by molar-refractivity contribution is 1.00. The molecule has 0 saturated heterocycles. The van der Waals surface area contributed by atoms with Crippen LogP contribution in [0.3, 0.4) is 0 Å². The molecule has 0 radical (unpaired) electrons. The van der Waals surface area contributed by atoms with Crippen LogP contribution in [-0.4, -0.2) is 14.4 Å². The predicted molar refractivity (Wildman–Crippen MR) is 67.0 cm³/mol. The number of hydrogen-bond acceptors (Lipinski definition) is 3. The van der Waals surface area contributed by atoms with Crippen LogP contribution in [0.2, 0.25) is 0 Å². The van der Waals surface area contributed by atoms with Gasteiger partial charge in [-0.15, -0.1) is 0 Å². The molecule has 0 bridgehead atoms. The topological polar surface area (TPSA) is 54.0 Å². The second-order valence-electron chi connectivity index (χ2n) is 4.01. The quantitative estimate of drug-likeness (QED) is 0.683. The van der Waals surface area contributed by atoms with Crippen molar-refractivity contribution in [3.63, 3.8) is 0 Å². The average Bonchev–Trinajstić information content (AvgIpc) is 2.88. The van der Waals surface area contributed by atoms with Crippen molar-refractivity contribution in [3.05, 3.63) is 65.9 Å². The fourth-order valence-corrected chi connectivity index (χ4v) is 1.96. The minimum Gasteiger partial charge on any atom is -0.303 e. The van der Waals surface area contributed by atoms with E-state index in [-0.39, 0.29) is 0 Å². The number of imidazole rings is 1. The van der Waals surface area contributed by atoms with Gasteiger partial charge >= 0.3 is 0 Å². The standard InChI is InChI=1S/C14H10N4/c15-9-12-10-18-7-6-16-14(18)13(17-12)8-11-4-2-1-3-5-11/h1-7,10H,8H2. The van der Waals surface area contributed by atoms with E-state index >= 15 is 0 Å². The lowest BCUT2D eigenvalue weighted by atomic mass is 10.1. The van der Waals surface area contributed by atoms with Crippen molar-refractivity contribution < 1.29 is 0 Å². The highest BCUT2D eigenvalue weighted by atomic mass is 15.0. The zero-order chi connectivity index (χ0) is 12.4. The SMILES string of the molecule is N#Cc1cn2ccnc2c(Cc2ccccc2)n1. The maximum atomic E-state index is 8.98. The van der Waals surface area contributed by atoms with Crippen LogP contribution in [0.1, 0.15) is 17.0 Å². The summed E-state index contributed by atoms with van der Waals surface area (Å²) in [6.07, 6.45) is 5.91. The van der Waals surface area contributed by atoms with E-state index in [0.717, 1.165) is 16.9 Å². The Labute approximate surface area is 104 Å². The highest BCUT2D eigenvalue weighted by molar-refractivity contribution is 5.47. The zero-order valence-corrected chi connectivity index (χ0v) is 9.61. The van der Waals surface area contributed by atoms with Crippen LogP contribution < -0.4 is 0 Å². The van der Waals surface area contributed by atoms with Crippen LogP contribution >= 0.6 is 0 Å². The number of fused-ring (bicyclic) bond motifs is 1. The summed E-state index contributed by atoms with van der Waals surface area (Å²) in [5.41, 5.74) is 3.19. The van der Waals surface area contributed by atoms with Gasteiger partial charge in [-0.3, -0.25) is 0 Å². The number of nitriles is 1. The molecule has 3 aromatic rings. The Bertz CT molecular complexity index is 722. The van der Waals surface area contributed by atoms with Gasteiger partial charge in [0.05, 0.1) is 5.69 Å². The fraction of sp³-hybridized carbons (Fsp3) is 0.0714. The Morgan fingerprint density at radius 1 is 1.22 bits per heavy atom. The van der Waals surface area contributed by atoms with Gasteiger partial charge in [-0.2, -0.15) is 5.26 Å². The first-order valence-electron chi connectivity index (χ1n) is 5.63. The summed E-state index contributed by atoms with van der Waals surface area (Å²) in [5, 5.41) is 8.98. The van der Waals surface area contributed by atoms with Crippen molar-refractivity contribution in [2.24, 2.45) is 0 Å². The Kier molecular flexibility index (Phi) is 2.50. The molecular formula is C14H10N4. The van der Waals surface area contributed by atoms with E-state index in [1.807, 2.05) is 40.9 Å². The third-order valence-corrected chi connectivity index (χ3v) is 2.77. The number of benzene rings is 1. The van der Waals surface area contributed by atoms with Gasteiger partial charge in [-0.1, -0.05) is 30.3 Å². The van der Waals surface area contributed by atoms with Gasteiger partial charge < -0.3 is 4.40 Å². The highest BCUT2D eigenvalue weighted by Gasteiger charge is 2.07. The molecule has 0 unspecified atom stereocenters. The fourth-order valence-electron chi connectivity index (χ4n) is 1.96. The second-order valence-corrected chi connectivity index (χ2v) is 4.01. The molecule has 0 fully saturated rings. The molecule has 2 heterocycles. The molecule has 3 rings (SSSR count). The van der Waals surface area contributed by atoms with E-state index < -0.39 is 0 Å². The van der Waals surface area contributed by atoms with Crippen LogP contribution in [0.25, 0.3) is 5.65 Å². The lowest BCUT2D eigenvalue weighted by Gasteiger charge is -2.04. The molecule has 86 valence electrons. The first-order chi connectivity index (χ1) is 8.86. The van der Waals surface area contributed by atoms with Crippen molar-refractivity contribution in [1.82, 2.24) is 14.4 Å². The first-order valence-corrected chi connectivity index (χ1v) is 5.63. The normalized spacial score (nSPS) is 10.4. The largest absolute Gasteiger partial charge is 0.303 e. The molecule has 18 heavy (non-hydrogen) atoms. The summed E-state index contributed by atoms with van der Waals surface area (Å²) >= 11 is 0. The molecule has 2 aromatic heterocycles. The van der Waals surface area contributed by atoms with Crippen LogP contribution in [0.5, 0.6) is 0 Å². The molecule has 1 aromatic carbocycles. The van der Waals surface area contributed by atoms with Crippen molar-refractivity contribution in [2.45, 2.75) is 6.42 Å². The third kappa shape index (κ3) is 1.82. The molecule has 0 amide bonds. The van der Waals surface area contributed by atoms with Crippen LogP contribution in [0.15, 0.2) is 48.9 Å². The molecule has 0 spiro atoms. The monoisotopic (exact) mass is 234 g/mol. The second kappa shape index (κ2) is 4.30. The summed E-state index contributed by atoms with van der Waals surface area (Å²) in [4.78, 5) is 8.62. The van der Waals surface area contributed by atoms with Gasteiger partial charge in [0, 0.05) is 25.0 Å². The Morgan fingerprint density at radius 3 is 2.83 bits per heavy atom. The number of aromatic nitrogens is 3. The van der Waals surface area contributed by atoms with Crippen LogP contribution in [0, 0.1) is 11.3 Å².